The van der Waals surface area contributed by atoms with Gasteiger partial charge in [0.05, 0.1) is 6.61 Å². The van der Waals surface area contributed by atoms with Gasteiger partial charge in [0.1, 0.15) is 6.61 Å². The Labute approximate surface area is 106 Å². The van der Waals surface area contributed by atoms with Gasteiger partial charge in [0.25, 0.3) is 0 Å². The first kappa shape index (κ1) is 17.0. The van der Waals surface area contributed by atoms with Crippen LogP contribution in [0.3, 0.4) is 0 Å². The van der Waals surface area contributed by atoms with Crippen LogP contribution in [0.2, 0.25) is 0 Å². The zero-order valence-corrected chi connectivity index (χ0v) is 10.7. The van der Waals surface area contributed by atoms with Crippen molar-refractivity contribution in [2.45, 2.75) is 19.5 Å². The smallest absolute Gasteiger partial charge is 0.371 e. The van der Waals surface area contributed by atoms with Crippen molar-refractivity contribution in [2.24, 2.45) is 11.1 Å². The highest BCUT2D eigenvalue weighted by molar-refractivity contribution is 5.85. The van der Waals surface area contributed by atoms with E-state index < -0.39 is 12.8 Å². The van der Waals surface area contributed by atoms with Gasteiger partial charge in [-0.3, -0.25) is 0 Å². The van der Waals surface area contributed by atoms with E-state index in [4.69, 9.17) is 5.73 Å². The molecule has 0 bridgehead atoms. The van der Waals surface area contributed by atoms with Crippen molar-refractivity contribution in [1.29, 1.82) is 0 Å². The molecule has 0 spiro atoms. The van der Waals surface area contributed by atoms with Gasteiger partial charge in [-0.1, -0.05) is 6.92 Å². The molecule has 7 heteroatoms. The zero-order chi connectivity index (χ0) is 12.2. The normalized spacial score (nSPS) is 25.9. The molecule has 0 aromatic carbocycles. The van der Waals surface area contributed by atoms with E-state index in [1.807, 2.05) is 0 Å². The molecule has 1 atom stereocenters. The SMILES string of the molecule is CC1(CN)CCN(CCOCC(F)(F)F)C1.Cl. The van der Waals surface area contributed by atoms with Crippen LogP contribution in [-0.2, 0) is 4.74 Å². The summed E-state index contributed by atoms with van der Waals surface area (Å²) >= 11 is 0. The predicted octanol–water partition coefficient (Wildman–Crippen LogP) is 1.66. The van der Waals surface area contributed by atoms with Crippen molar-refractivity contribution in [3.8, 4) is 0 Å². The fourth-order valence-electron chi connectivity index (χ4n) is 1.86. The summed E-state index contributed by atoms with van der Waals surface area (Å²) in [5.41, 5.74) is 5.75. The van der Waals surface area contributed by atoms with Crippen LogP contribution in [0.5, 0.6) is 0 Å². The Bertz CT molecular complexity index is 228. The lowest BCUT2D eigenvalue weighted by Gasteiger charge is -2.22. The number of nitrogens with zero attached hydrogens (tertiary/aromatic N) is 1. The van der Waals surface area contributed by atoms with Crippen LogP contribution in [0.4, 0.5) is 13.2 Å². The molecule has 0 aliphatic carbocycles. The van der Waals surface area contributed by atoms with E-state index in [-0.39, 0.29) is 24.4 Å². The Morgan fingerprint density at radius 2 is 2.06 bits per heavy atom. The highest BCUT2D eigenvalue weighted by Gasteiger charge is 2.32. The van der Waals surface area contributed by atoms with Gasteiger partial charge in [-0.05, 0) is 24.9 Å². The van der Waals surface area contributed by atoms with E-state index in [2.05, 4.69) is 16.6 Å². The zero-order valence-electron chi connectivity index (χ0n) is 9.92. The minimum atomic E-state index is -4.23. The molecule has 1 aliphatic heterocycles. The summed E-state index contributed by atoms with van der Waals surface area (Å²) in [6, 6.07) is 0. The van der Waals surface area contributed by atoms with Crippen molar-refractivity contribution in [3.63, 3.8) is 0 Å². The fourth-order valence-corrected chi connectivity index (χ4v) is 1.86. The van der Waals surface area contributed by atoms with E-state index in [9.17, 15) is 13.2 Å². The number of hydrogen-bond donors (Lipinski definition) is 1. The maximum Gasteiger partial charge on any atom is 0.411 e. The van der Waals surface area contributed by atoms with Gasteiger partial charge >= 0.3 is 6.18 Å². The molecule has 0 radical (unpaired) electrons. The average Bonchev–Trinajstić information content (AvgIpc) is 2.55. The molecular formula is C10H20ClF3N2O. The molecule has 0 aromatic heterocycles. The minimum Gasteiger partial charge on any atom is -0.371 e. The molecule has 3 nitrogen and oxygen atoms in total. The predicted molar refractivity (Wildman–Crippen MR) is 62.3 cm³/mol. The Kier molecular flexibility index (Phi) is 6.76. The topological polar surface area (TPSA) is 38.5 Å². The van der Waals surface area contributed by atoms with Gasteiger partial charge in [0.2, 0.25) is 0 Å². The van der Waals surface area contributed by atoms with Crippen molar-refractivity contribution in [3.05, 3.63) is 0 Å². The molecule has 1 heterocycles. The lowest BCUT2D eigenvalue weighted by molar-refractivity contribution is -0.174. The number of nitrogens with two attached hydrogens (primary N) is 1. The molecule has 17 heavy (non-hydrogen) atoms. The monoisotopic (exact) mass is 276 g/mol. The van der Waals surface area contributed by atoms with Crippen molar-refractivity contribution < 1.29 is 17.9 Å². The standard InChI is InChI=1S/C10H19F3N2O.ClH/c1-9(6-14)2-3-15(7-9)4-5-16-8-10(11,12)13;/h2-8,14H2,1H3;1H. The largest absolute Gasteiger partial charge is 0.411 e. The lowest BCUT2D eigenvalue weighted by atomic mass is 9.90. The quantitative estimate of drug-likeness (QED) is 0.776. The highest BCUT2D eigenvalue weighted by atomic mass is 35.5. The van der Waals surface area contributed by atoms with Crippen LogP contribution in [0.15, 0.2) is 0 Å². The Hall–Kier alpha value is -0.0400. The first-order valence-electron chi connectivity index (χ1n) is 5.42. The number of rotatable bonds is 5. The van der Waals surface area contributed by atoms with Crippen molar-refractivity contribution >= 4 is 12.4 Å². The van der Waals surface area contributed by atoms with Crippen LogP contribution in [0.25, 0.3) is 0 Å². The molecule has 1 saturated heterocycles. The molecule has 1 rings (SSSR count). The van der Waals surface area contributed by atoms with Crippen LogP contribution in [0.1, 0.15) is 13.3 Å². The van der Waals surface area contributed by atoms with Crippen LogP contribution in [0, 0.1) is 5.41 Å². The van der Waals surface area contributed by atoms with Gasteiger partial charge in [0, 0.05) is 13.1 Å². The Morgan fingerprint density at radius 1 is 1.41 bits per heavy atom. The van der Waals surface area contributed by atoms with Gasteiger partial charge in [-0.15, -0.1) is 12.4 Å². The molecule has 0 aromatic rings. The minimum absolute atomic E-state index is 0. The van der Waals surface area contributed by atoms with E-state index >= 15 is 0 Å². The van der Waals surface area contributed by atoms with Crippen LogP contribution in [-0.4, -0.2) is 50.5 Å². The second kappa shape index (κ2) is 6.78. The average molecular weight is 277 g/mol. The second-order valence-corrected chi connectivity index (χ2v) is 4.71. The molecule has 104 valence electrons. The van der Waals surface area contributed by atoms with Crippen molar-refractivity contribution in [1.82, 2.24) is 4.90 Å². The number of hydrogen-bond acceptors (Lipinski definition) is 3. The summed E-state index contributed by atoms with van der Waals surface area (Å²) in [7, 11) is 0. The van der Waals surface area contributed by atoms with Gasteiger partial charge in [0.15, 0.2) is 0 Å². The van der Waals surface area contributed by atoms with Crippen LogP contribution >= 0.6 is 12.4 Å². The Balaban J connectivity index is 0.00000256. The molecule has 0 saturated carbocycles. The molecular weight excluding hydrogens is 257 g/mol. The number of halogens is 4. The lowest BCUT2D eigenvalue weighted by Crippen LogP contribution is -2.33. The van der Waals surface area contributed by atoms with Gasteiger partial charge in [-0.2, -0.15) is 13.2 Å². The summed E-state index contributed by atoms with van der Waals surface area (Å²) in [5.74, 6) is 0. The van der Waals surface area contributed by atoms with Gasteiger partial charge in [-0.25, -0.2) is 0 Å². The number of ether oxygens (including phenoxy) is 1. The fraction of sp³-hybridized carbons (Fsp3) is 1.00. The third-order valence-corrected chi connectivity index (χ3v) is 2.95. The summed E-state index contributed by atoms with van der Waals surface area (Å²) in [5, 5.41) is 0. The molecule has 1 aliphatic rings. The van der Waals surface area contributed by atoms with E-state index in [1.165, 1.54) is 0 Å². The summed E-state index contributed by atoms with van der Waals surface area (Å²) in [6.45, 7) is 3.97. The van der Waals surface area contributed by atoms with E-state index in [0.29, 0.717) is 13.1 Å². The second-order valence-electron chi connectivity index (χ2n) is 4.71. The molecule has 1 fully saturated rings. The third-order valence-electron chi connectivity index (χ3n) is 2.95. The first-order chi connectivity index (χ1) is 7.35. The number of alkyl halides is 3. The van der Waals surface area contributed by atoms with E-state index in [1.54, 1.807) is 0 Å². The van der Waals surface area contributed by atoms with Gasteiger partial charge < -0.3 is 15.4 Å². The number of likely N-dealkylation sites (tertiary alicyclic amines) is 1. The first-order valence-corrected chi connectivity index (χ1v) is 5.42. The molecule has 0 amide bonds. The summed E-state index contributed by atoms with van der Waals surface area (Å²) in [6.07, 6.45) is -3.22. The highest BCUT2D eigenvalue weighted by Crippen LogP contribution is 2.28. The van der Waals surface area contributed by atoms with Crippen molar-refractivity contribution in [2.75, 3.05) is 39.4 Å². The summed E-state index contributed by atoms with van der Waals surface area (Å²) < 4.78 is 39.9. The third kappa shape index (κ3) is 6.45. The molecule has 1 unspecified atom stereocenters. The maximum absolute atomic E-state index is 11.8. The maximum atomic E-state index is 11.8. The Morgan fingerprint density at radius 3 is 2.53 bits per heavy atom. The molecule has 2 N–H and O–H groups in total. The summed E-state index contributed by atoms with van der Waals surface area (Å²) in [4.78, 5) is 2.10. The van der Waals surface area contributed by atoms with Crippen LogP contribution < -0.4 is 5.73 Å². The van der Waals surface area contributed by atoms with E-state index in [0.717, 1.165) is 19.5 Å².